The van der Waals surface area contributed by atoms with Crippen molar-refractivity contribution in [1.82, 2.24) is 10.3 Å². The van der Waals surface area contributed by atoms with Crippen LogP contribution in [0, 0.1) is 5.92 Å². The number of rotatable bonds is 5. The number of piperidine rings is 1. The number of benzene rings is 1. The number of anilines is 1. The number of hydrogen-bond acceptors (Lipinski definition) is 3. The van der Waals surface area contributed by atoms with E-state index in [1.54, 1.807) is 0 Å². The highest BCUT2D eigenvalue weighted by atomic mass is 16.4. The Morgan fingerprint density at radius 1 is 1.23 bits per heavy atom. The summed E-state index contributed by atoms with van der Waals surface area (Å²) in [6, 6.07) is 14.8. The van der Waals surface area contributed by atoms with Gasteiger partial charge >= 0.3 is 6.09 Å². The zero-order chi connectivity index (χ0) is 18.5. The van der Waals surface area contributed by atoms with Crippen molar-refractivity contribution < 1.29 is 9.90 Å². The molecule has 0 spiro atoms. The molecule has 5 nitrogen and oxygen atoms in total. The van der Waals surface area contributed by atoms with Crippen LogP contribution in [-0.4, -0.2) is 35.8 Å². The number of pyridine rings is 1. The summed E-state index contributed by atoms with van der Waals surface area (Å²) >= 11 is 0. The number of hydrogen-bond donors (Lipinski definition) is 2. The third-order valence-corrected chi connectivity index (χ3v) is 5.06. The van der Waals surface area contributed by atoms with Gasteiger partial charge in [-0.1, -0.05) is 38.1 Å². The molecule has 2 aromatic rings. The maximum absolute atomic E-state index is 10.6. The fourth-order valence-electron chi connectivity index (χ4n) is 3.42. The molecule has 1 aromatic carbocycles. The third kappa shape index (κ3) is 4.54. The molecule has 3 rings (SSSR count). The molecule has 2 N–H and O–H groups in total. The highest BCUT2D eigenvalue weighted by molar-refractivity contribution is 5.64. The van der Waals surface area contributed by atoms with E-state index in [0.29, 0.717) is 18.4 Å². The summed E-state index contributed by atoms with van der Waals surface area (Å²) in [7, 11) is 0. The van der Waals surface area contributed by atoms with Crippen LogP contribution in [0.3, 0.4) is 0 Å². The lowest BCUT2D eigenvalue weighted by atomic mass is 9.96. The molecule has 0 unspecified atom stereocenters. The summed E-state index contributed by atoms with van der Waals surface area (Å²) in [6.45, 7) is 6.76. The molecule has 138 valence electrons. The molecular formula is C21H27N3O2. The lowest BCUT2D eigenvalue weighted by Crippen LogP contribution is -2.38. The van der Waals surface area contributed by atoms with Crippen molar-refractivity contribution in [1.29, 1.82) is 0 Å². The average Bonchev–Trinajstić information content (AvgIpc) is 2.67. The second-order valence-corrected chi connectivity index (χ2v) is 7.28. The second-order valence-electron chi connectivity index (χ2n) is 7.28. The van der Waals surface area contributed by atoms with Gasteiger partial charge in [0, 0.05) is 25.2 Å². The Hall–Kier alpha value is -2.56. The van der Waals surface area contributed by atoms with Crippen molar-refractivity contribution >= 4 is 11.9 Å². The number of amides is 1. The molecular weight excluding hydrogens is 326 g/mol. The quantitative estimate of drug-likeness (QED) is 0.838. The number of nitrogens with zero attached hydrogens (tertiary/aromatic N) is 2. The monoisotopic (exact) mass is 353 g/mol. The fraction of sp³-hybridized carbons (Fsp3) is 0.429. The topological polar surface area (TPSA) is 65.5 Å². The van der Waals surface area contributed by atoms with Gasteiger partial charge in [-0.3, -0.25) is 0 Å². The van der Waals surface area contributed by atoms with Crippen LogP contribution in [0.5, 0.6) is 0 Å². The minimum absolute atomic E-state index is 0.410. The van der Waals surface area contributed by atoms with Gasteiger partial charge in [0.15, 0.2) is 0 Å². The van der Waals surface area contributed by atoms with Crippen LogP contribution in [0.25, 0.3) is 11.3 Å². The van der Waals surface area contributed by atoms with Crippen LogP contribution in [0.1, 0.15) is 38.2 Å². The maximum Gasteiger partial charge on any atom is 0.404 e. The highest BCUT2D eigenvalue weighted by Crippen LogP contribution is 2.26. The SMILES string of the molecule is CC(C)c1cccc(-c2cccc(N3CCC(CNC(=O)O)CC3)n2)c1. The van der Waals surface area contributed by atoms with Gasteiger partial charge in [-0.05, 0) is 48.4 Å². The standard InChI is InChI=1S/C21H27N3O2/c1-15(2)17-5-3-6-18(13-17)19-7-4-8-20(23-19)24-11-9-16(10-12-24)14-22-21(25)26/h3-8,13,15-16,22H,9-12,14H2,1-2H3,(H,25,26). The van der Waals surface area contributed by atoms with Crippen molar-refractivity contribution in [3.8, 4) is 11.3 Å². The van der Waals surface area contributed by atoms with Gasteiger partial charge in [0.05, 0.1) is 5.69 Å². The molecule has 1 amide bonds. The van der Waals surface area contributed by atoms with Crippen LogP contribution in [0.4, 0.5) is 10.6 Å². The molecule has 1 fully saturated rings. The number of carboxylic acid groups (broad SMARTS) is 1. The van der Waals surface area contributed by atoms with Gasteiger partial charge in [-0.15, -0.1) is 0 Å². The molecule has 0 aliphatic carbocycles. The van der Waals surface area contributed by atoms with Gasteiger partial charge in [-0.25, -0.2) is 9.78 Å². The predicted molar refractivity (Wildman–Crippen MR) is 105 cm³/mol. The molecule has 2 heterocycles. The predicted octanol–water partition coefficient (Wildman–Crippen LogP) is 4.36. The van der Waals surface area contributed by atoms with Crippen LogP contribution >= 0.6 is 0 Å². The molecule has 0 bridgehead atoms. The van der Waals surface area contributed by atoms with E-state index in [0.717, 1.165) is 43.0 Å². The maximum atomic E-state index is 10.6. The van der Waals surface area contributed by atoms with Gasteiger partial charge in [-0.2, -0.15) is 0 Å². The summed E-state index contributed by atoms with van der Waals surface area (Å²) in [5.41, 5.74) is 3.47. The summed E-state index contributed by atoms with van der Waals surface area (Å²) < 4.78 is 0. The second kappa shape index (κ2) is 8.21. The Morgan fingerprint density at radius 2 is 1.96 bits per heavy atom. The van der Waals surface area contributed by atoms with E-state index in [2.05, 4.69) is 66.5 Å². The first kappa shape index (κ1) is 18.2. The van der Waals surface area contributed by atoms with Crippen molar-refractivity contribution in [3.05, 3.63) is 48.0 Å². The zero-order valence-electron chi connectivity index (χ0n) is 15.5. The van der Waals surface area contributed by atoms with Gasteiger partial charge in [0.2, 0.25) is 0 Å². The van der Waals surface area contributed by atoms with Crippen LogP contribution in [-0.2, 0) is 0 Å². The minimum atomic E-state index is -0.939. The van der Waals surface area contributed by atoms with E-state index in [4.69, 9.17) is 10.1 Å². The number of aromatic nitrogens is 1. The normalized spacial score (nSPS) is 15.3. The smallest absolute Gasteiger partial charge is 0.404 e. The first-order valence-corrected chi connectivity index (χ1v) is 9.32. The molecule has 1 saturated heterocycles. The van der Waals surface area contributed by atoms with E-state index in [-0.39, 0.29) is 0 Å². The molecule has 5 heteroatoms. The molecule has 0 radical (unpaired) electrons. The Bertz CT molecular complexity index is 752. The van der Waals surface area contributed by atoms with Crippen LogP contribution in [0.15, 0.2) is 42.5 Å². The molecule has 1 aliphatic rings. The Labute approximate surface area is 155 Å². The van der Waals surface area contributed by atoms with Gasteiger partial charge in [0.1, 0.15) is 5.82 Å². The number of nitrogens with one attached hydrogen (secondary N) is 1. The van der Waals surface area contributed by atoms with Crippen molar-refractivity contribution in [3.63, 3.8) is 0 Å². The Balaban J connectivity index is 1.69. The van der Waals surface area contributed by atoms with Gasteiger partial charge < -0.3 is 15.3 Å². The average molecular weight is 353 g/mol. The number of carbonyl (C=O) groups is 1. The van der Waals surface area contributed by atoms with Gasteiger partial charge in [0.25, 0.3) is 0 Å². The van der Waals surface area contributed by atoms with E-state index in [9.17, 15) is 4.79 Å². The Morgan fingerprint density at radius 3 is 2.65 bits per heavy atom. The lowest BCUT2D eigenvalue weighted by molar-refractivity contribution is 0.191. The molecule has 0 atom stereocenters. The Kier molecular flexibility index (Phi) is 5.76. The largest absolute Gasteiger partial charge is 0.465 e. The van der Waals surface area contributed by atoms with Crippen molar-refractivity contribution in [2.24, 2.45) is 5.92 Å². The van der Waals surface area contributed by atoms with E-state index >= 15 is 0 Å². The molecule has 1 aromatic heterocycles. The van der Waals surface area contributed by atoms with Crippen LogP contribution in [0.2, 0.25) is 0 Å². The van der Waals surface area contributed by atoms with Crippen molar-refractivity contribution in [2.45, 2.75) is 32.6 Å². The first-order valence-electron chi connectivity index (χ1n) is 9.32. The zero-order valence-corrected chi connectivity index (χ0v) is 15.5. The fourth-order valence-corrected chi connectivity index (χ4v) is 3.42. The van der Waals surface area contributed by atoms with E-state index in [1.165, 1.54) is 5.56 Å². The summed E-state index contributed by atoms with van der Waals surface area (Å²) in [4.78, 5) is 17.8. The molecule has 1 aliphatic heterocycles. The molecule has 26 heavy (non-hydrogen) atoms. The van der Waals surface area contributed by atoms with E-state index in [1.807, 2.05) is 0 Å². The summed E-state index contributed by atoms with van der Waals surface area (Å²) in [6.07, 6.45) is 1.02. The van der Waals surface area contributed by atoms with E-state index < -0.39 is 6.09 Å². The minimum Gasteiger partial charge on any atom is -0.465 e. The summed E-state index contributed by atoms with van der Waals surface area (Å²) in [5, 5.41) is 11.2. The first-order chi connectivity index (χ1) is 12.5. The van der Waals surface area contributed by atoms with Crippen LogP contribution < -0.4 is 10.2 Å². The lowest BCUT2D eigenvalue weighted by Gasteiger charge is -2.32. The third-order valence-electron chi connectivity index (χ3n) is 5.06. The van der Waals surface area contributed by atoms with Crippen molar-refractivity contribution in [2.75, 3.05) is 24.5 Å². The molecule has 0 saturated carbocycles. The highest BCUT2D eigenvalue weighted by Gasteiger charge is 2.20. The summed E-state index contributed by atoms with van der Waals surface area (Å²) in [5.74, 6) is 1.91.